The van der Waals surface area contributed by atoms with E-state index in [9.17, 15) is 5.11 Å². The normalized spacial score (nSPS) is 19.3. The van der Waals surface area contributed by atoms with Gasteiger partial charge in [-0.2, -0.15) is 0 Å². The Morgan fingerprint density at radius 1 is 1.47 bits per heavy atom. The average Bonchev–Trinajstić information content (AvgIpc) is 2.27. The van der Waals surface area contributed by atoms with Crippen LogP contribution in [0.25, 0.3) is 0 Å². The number of hydrogen-bond donors (Lipinski definition) is 2. The quantitative estimate of drug-likeness (QED) is 0.844. The molecule has 94 valence electrons. The van der Waals surface area contributed by atoms with E-state index in [1.54, 1.807) is 0 Å². The second-order valence-electron chi connectivity index (χ2n) is 5.32. The molecule has 0 bridgehead atoms. The number of aliphatic hydroxyl groups excluding tert-OH is 1. The molecule has 1 aromatic carbocycles. The van der Waals surface area contributed by atoms with E-state index < -0.39 is 6.10 Å². The van der Waals surface area contributed by atoms with Gasteiger partial charge in [-0.25, -0.2) is 0 Å². The summed E-state index contributed by atoms with van der Waals surface area (Å²) in [5.74, 6) is 0.949. The van der Waals surface area contributed by atoms with E-state index in [0.29, 0.717) is 13.0 Å². The van der Waals surface area contributed by atoms with Gasteiger partial charge in [-0.05, 0) is 62.9 Å². The third kappa shape index (κ3) is 2.79. The highest BCUT2D eigenvalue weighted by Crippen LogP contribution is 2.34. The van der Waals surface area contributed by atoms with E-state index in [1.807, 2.05) is 18.2 Å². The molecule has 0 fully saturated rings. The van der Waals surface area contributed by atoms with Crippen LogP contribution < -0.4 is 10.5 Å². The summed E-state index contributed by atoms with van der Waals surface area (Å²) in [7, 11) is 0. The number of aryl methyl sites for hydroxylation is 1. The minimum atomic E-state index is -0.458. The van der Waals surface area contributed by atoms with E-state index in [4.69, 9.17) is 10.5 Å². The van der Waals surface area contributed by atoms with E-state index in [0.717, 1.165) is 24.2 Å². The summed E-state index contributed by atoms with van der Waals surface area (Å²) in [6, 6.07) is 5.94. The molecule has 1 atom stereocenters. The van der Waals surface area contributed by atoms with Crippen molar-refractivity contribution in [3.05, 3.63) is 29.3 Å². The van der Waals surface area contributed by atoms with Crippen molar-refractivity contribution in [1.29, 1.82) is 0 Å². The lowest BCUT2D eigenvalue weighted by molar-refractivity contribution is 0.0844. The lowest BCUT2D eigenvalue weighted by Crippen LogP contribution is -2.32. The average molecular weight is 235 g/mol. The summed E-state index contributed by atoms with van der Waals surface area (Å²) in [6.45, 7) is 4.71. The fraction of sp³-hybridized carbons (Fsp3) is 0.571. The Morgan fingerprint density at radius 3 is 2.94 bits per heavy atom. The van der Waals surface area contributed by atoms with E-state index >= 15 is 0 Å². The lowest BCUT2D eigenvalue weighted by atomic mass is 9.92. The summed E-state index contributed by atoms with van der Waals surface area (Å²) in [6.07, 6.45) is 2.16. The van der Waals surface area contributed by atoms with Gasteiger partial charge in [0.2, 0.25) is 0 Å². The van der Waals surface area contributed by atoms with Crippen LogP contribution in [0.3, 0.4) is 0 Å². The summed E-state index contributed by atoms with van der Waals surface area (Å²) in [5, 5.41) is 9.90. The largest absolute Gasteiger partial charge is 0.488 e. The number of aliphatic hydroxyl groups is 1. The van der Waals surface area contributed by atoms with Gasteiger partial charge in [-0.1, -0.05) is 6.07 Å². The minimum Gasteiger partial charge on any atom is -0.488 e. The molecule has 1 aliphatic rings. The van der Waals surface area contributed by atoms with Gasteiger partial charge in [0.05, 0.1) is 6.10 Å². The van der Waals surface area contributed by atoms with Crippen LogP contribution in [0.2, 0.25) is 0 Å². The second-order valence-corrected chi connectivity index (χ2v) is 5.32. The van der Waals surface area contributed by atoms with Crippen molar-refractivity contribution >= 4 is 0 Å². The number of rotatable bonds is 3. The molecule has 0 aromatic heterocycles. The lowest BCUT2D eigenvalue weighted by Gasteiger charge is -2.33. The van der Waals surface area contributed by atoms with Crippen molar-refractivity contribution in [1.82, 2.24) is 0 Å². The van der Waals surface area contributed by atoms with Gasteiger partial charge < -0.3 is 15.6 Å². The monoisotopic (exact) mass is 235 g/mol. The molecule has 3 nitrogen and oxygen atoms in total. The predicted octanol–water partition coefficient (Wildman–Crippen LogP) is 2.17. The van der Waals surface area contributed by atoms with Crippen LogP contribution >= 0.6 is 0 Å². The first-order chi connectivity index (χ1) is 8.02. The fourth-order valence-corrected chi connectivity index (χ4v) is 2.21. The molecule has 1 heterocycles. The molecule has 0 radical (unpaired) electrons. The number of nitrogens with two attached hydrogens (primary N) is 1. The Labute approximate surface area is 103 Å². The van der Waals surface area contributed by atoms with Crippen LogP contribution in [0.4, 0.5) is 0 Å². The highest BCUT2D eigenvalue weighted by Gasteiger charge is 2.26. The molecular weight excluding hydrogens is 214 g/mol. The van der Waals surface area contributed by atoms with Gasteiger partial charge in [0.15, 0.2) is 0 Å². The standard InChI is InChI=1S/C14H21NO2/c1-14(2)7-5-11-9-10(12(16)6-8-15)3-4-13(11)17-14/h3-4,9,12,16H,5-8,15H2,1-2H3. The van der Waals surface area contributed by atoms with Crippen LogP contribution in [0.15, 0.2) is 18.2 Å². The molecule has 3 N–H and O–H groups in total. The molecule has 0 amide bonds. The molecule has 1 aliphatic heterocycles. The van der Waals surface area contributed by atoms with Crippen molar-refractivity contribution in [2.75, 3.05) is 6.54 Å². The Kier molecular flexibility index (Phi) is 3.40. The zero-order chi connectivity index (χ0) is 12.5. The first-order valence-electron chi connectivity index (χ1n) is 6.22. The predicted molar refractivity (Wildman–Crippen MR) is 68.1 cm³/mol. The molecule has 3 heteroatoms. The van der Waals surface area contributed by atoms with Crippen LogP contribution in [0.5, 0.6) is 5.75 Å². The van der Waals surface area contributed by atoms with Crippen molar-refractivity contribution in [3.8, 4) is 5.75 Å². The Hall–Kier alpha value is -1.06. The molecular formula is C14H21NO2. The maximum Gasteiger partial charge on any atom is 0.123 e. The fourth-order valence-electron chi connectivity index (χ4n) is 2.21. The smallest absolute Gasteiger partial charge is 0.123 e. The Bertz CT molecular complexity index is 401. The van der Waals surface area contributed by atoms with E-state index in [2.05, 4.69) is 13.8 Å². The van der Waals surface area contributed by atoms with Crippen LogP contribution in [-0.4, -0.2) is 17.3 Å². The summed E-state index contributed by atoms with van der Waals surface area (Å²) < 4.78 is 5.91. The molecule has 2 rings (SSSR count). The number of ether oxygens (including phenoxy) is 1. The van der Waals surface area contributed by atoms with Gasteiger partial charge in [-0.15, -0.1) is 0 Å². The highest BCUT2D eigenvalue weighted by molar-refractivity contribution is 5.40. The topological polar surface area (TPSA) is 55.5 Å². The summed E-state index contributed by atoms with van der Waals surface area (Å²) in [4.78, 5) is 0. The number of hydrogen-bond acceptors (Lipinski definition) is 3. The van der Waals surface area contributed by atoms with E-state index in [-0.39, 0.29) is 5.60 Å². The molecule has 0 spiro atoms. The van der Waals surface area contributed by atoms with Crippen LogP contribution in [0.1, 0.15) is 43.9 Å². The Morgan fingerprint density at radius 2 is 2.24 bits per heavy atom. The van der Waals surface area contributed by atoms with Gasteiger partial charge in [0, 0.05) is 0 Å². The molecule has 17 heavy (non-hydrogen) atoms. The van der Waals surface area contributed by atoms with Crippen molar-refractivity contribution in [3.63, 3.8) is 0 Å². The van der Waals surface area contributed by atoms with Crippen LogP contribution in [0, 0.1) is 0 Å². The minimum absolute atomic E-state index is 0.0790. The molecule has 1 aromatic rings. The third-order valence-corrected chi connectivity index (χ3v) is 3.29. The van der Waals surface area contributed by atoms with Gasteiger partial charge in [-0.3, -0.25) is 0 Å². The van der Waals surface area contributed by atoms with Crippen molar-refractivity contribution in [2.45, 2.75) is 44.8 Å². The maximum absolute atomic E-state index is 9.90. The van der Waals surface area contributed by atoms with Gasteiger partial charge >= 0.3 is 0 Å². The molecule has 0 saturated carbocycles. The van der Waals surface area contributed by atoms with E-state index in [1.165, 1.54) is 5.56 Å². The van der Waals surface area contributed by atoms with Crippen molar-refractivity contribution in [2.24, 2.45) is 5.73 Å². The highest BCUT2D eigenvalue weighted by atomic mass is 16.5. The SMILES string of the molecule is CC1(C)CCc2cc(C(O)CCN)ccc2O1. The van der Waals surface area contributed by atoms with Gasteiger partial charge in [0.1, 0.15) is 11.4 Å². The number of benzene rings is 1. The summed E-state index contributed by atoms with van der Waals surface area (Å²) in [5.41, 5.74) is 7.51. The maximum atomic E-state index is 9.90. The molecule has 1 unspecified atom stereocenters. The third-order valence-electron chi connectivity index (χ3n) is 3.29. The van der Waals surface area contributed by atoms with Gasteiger partial charge in [0.25, 0.3) is 0 Å². The van der Waals surface area contributed by atoms with Crippen LogP contribution in [-0.2, 0) is 6.42 Å². The zero-order valence-corrected chi connectivity index (χ0v) is 10.6. The Balaban J connectivity index is 2.21. The molecule has 0 saturated heterocycles. The summed E-state index contributed by atoms with van der Waals surface area (Å²) >= 11 is 0. The first kappa shape index (κ1) is 12.4. The zero-order valence-electron chi connectivity index (χ0n) is 10.6. The second kappa shape index (κ2) is 4.67. The first-order valence-corrected chi connectivity index (χ1v) is 6.22. The number of fused-ring (bicyclic) bond motifs is 1. The molecule has 0 aliphatic carbocycles. The van der Waals surface area contributed by atoms with Crippen molar-refractivity contribution < 1.29 is 9.84 Å².